The first-order valence-corrected chi connectivity index (χ1v) is 11.0. The minimum absolute atomic E-state index is 0.0404. The number of rotatable bonds is 4. The summed E-state index contributed by atoms with van der Waals surface area (Å²) in [5.41, 5.74) is 3.01. The summed E-state index contributed by atoms with van der Waals surface area (Å²) in [5, 5.41) is 13.8. The minimum Gasteiger partial charge on any atom is -0.489 e. The molecule has 3 atom stereocenters. The predicted molar refractivity (Wildman–Crippen MR) is 113 cm³/mol. The molecule has 0 amide bonds. The van der Waals surface area contributed by atoms with Crippen molar-refractivity contribution in [2.75, 3.05) is 16.8 Å². The third kappa shape index (κ3) is 2.97. The second kappa shape index (κ2) is 7.05. The number of nitrogens with one attached hydrogen (secondary N) is 1. The second-order valence-electron chi connectivity index (χ2n) is 7.51. The number of hydrogen-bond donors (Lipinski definition) is 2. The predicted octanol–water partition coefficient (Wildman–Crippen LogP) is 5.36. The molecule has 0 unspecified atom stereocenters. The highest BCUT2D eigenvalue weighted by Gasteiger charge is 2.41. The van der Waals surface area contributed by atoms with Gasteiger partial charge in [-0.2, -0.15) is 11.8 Å². The lowest BCUT2D eigenvalue weighted by Crippen LogP contribution is -2.32. The van der Waals surface area contributed by atoms with E-state index in [1.165, 1.54) is 0 Å². The van der Waals surface area contributed by atoms with Gasteiger partial charge in [-0.1, -0.05) is 35.9 Å². The van der Waals surface area contributed by atoms with Crippen LogP contribution in [0.15, 0.2) is 48.6 Å². The number of aromatic carboxylic acids is 1. The summed E-state index contributed by atoms with van der Waals surface area (Å²) < 4.78 is 6.07. The normalized spacial score (nSPS) is 25.4. The zero-order valence-corrected chi connectivity index (χ0v) is 16.7. The Morgan fingerprint density at radius 3 is 2.86 bits per heavy atom. The van der Waals surface area contributed by atoms with Crippen molar-refractivity contribution < 1.29 is 14.6 Å². The van der Waals surface area contributed by atoms with Crippen LogP contribution >= 0.6 is 23.4 Å². The first-order chi connectivity index (χ1) is 13.6. The van der Waals surface area contributed by atoms with Gasteiger partial charge in [0.25, 0.3) is 0 Å². The van der Waals surface area contributed by atoms with Gasteiger partial charge in [0, 0.05) is 17.4 Å². The number of benzene rings is 2. The number of thioether (sulfide) groups is 1. The number of hydrogen-bond acceptors (Lipinski definition) is 4. The van der Waals surface area contributed by atoms with Crippen LogP contribution in [-0.4, -0.2) is 28.7 Å². The molecule has 1 fully saturated rings. The summed E-state index contributed by atoms with van der Waals surface area (Å²) in [6.07, 6.45) is 5.48. The third-order valence-corrected chi connectivity index (χ3v) is 7.36. The van der Waals surface area contributed by atoms with Gasteiger partial charge in [-0.3, -0.25) is 0 Å². The molecule has 2 N–H and O–H groups in total. The Balaban J connectivity index is 1.54. The summed E-state index contributed by atoms with van der Waals surface area (Å²) in [7, 11) is 0. The Kier molecular flexibility index (Phi) is 4.52. The van der Waals surface area contributed by atoms with Crippen LogP contribution in [0.2, 0.25) is 5.02 Å². The van der Waals surface area contributed by atoms with E-state index in [1.54, 1.807) is 12.1 Å². The number of carboxylic acid groups (broad SMARTS) is 1. The van der Waals surface area contributed by atoms with E-state index in [4.69, 9.17) is 16.3 Å². The van der Waals surface area contributed by atoms with Crippen LogP contribution in [0.25, 0.3) is 0 Å². The zero-order valence-electron chi connectivity index (χ0n) is 15.1. The molecule has 3 aliphatic rings. The molecule has 0 saturated carbocycles. The zero-order chi connectivity index (χ0) is 19.3. The average molecular weight is 414 g/mol. The number of halogens is 1. The van der Waals surface area contributed by atoms with Crippen LogP contribution in [0, 0.1) is 5.92 Å². The Bertz CT molecular complexity index is 972. The molecule has 1 aliphatic carbocycles. The maximum atomic E-state index is 11.8. The highest BCUT2D eigenvalue weighted by molar-refractivity contribution is 8.00. The molecule has 28 heavy (non-hydrogen) atoms. The van der Waals surface area contributed by atoms with Gasteiger partial charge < -0.3 is 15.2 Å². The lowest BCUT2D eigenvalue weighted by Gasteiger charge is -2.38. The Morgan fingerprint density at radius 2 is 2.11 bits per heavy atom. The van der Waals surface area contributed by atoms with E-state index in [0.29, 0.717) is 16.7 Å². The maximum Gasteiger partial charge on any atom is 0.336 e. The van der Waals surface area contributed by atoms with Crippen LogP contribution in [0.5, 0.6) is 5.75 Å². The Hall–Kier alpha value is -2.11. The van der Waals surface area contributed by atoms with Crippen molar-refractivity contribution in [1.82, 2.24) is 0 Å². The van der Waals surface area contributed by atoms with E-state index in [0.717, 1.165) is 40.5 Å². The fraction of sp³-hybridized carbons (Fsp3) is 0.318. The summed E-state index contributed by atoms with van der Waals surface area (Å²) in [6.45, 7) is 0. The molecule has 2 heterocycles. The van der Waals surface area contributed by atoms with Crippen molar-refractivity contribution in [3.05, 3.63) is 70.3 Å². The Labute approximate surface area is 172 Å². The van der Waals surface area contributed by atoms with E-state index in [1.807, 2.05) is 23.9 Å². The lowest BCUT2D eigenvalue weighted by atomic mass is 9.75. The third-order valence-electron chi connectivity index (χ3n) is 5.83. The standard InChI is InChI=1S/C22H20ClNO3S/c23-18-8-7-17(22(25)26)19-15-5-2-6-16(15)20(24-21(18)19)12-3-1-4-13(9-12)27-14-10-28-11-14/h1-5,7-9,14-16,20,24H,6,10-11H2,(H,25,26)/t15-,16+,20+/m1/s1. The number of allylic oxidation sites excluding steroid dienone is 2. The van der Waals surface area contributed by atoms with Gasteiger partial charge >= 0.3 is 5.97 Å². The van der Waals surface area contributed by atoms with Gasteiger partial charge in [-0.25, -0.2) is 4.79 Å². The van der Waals surface area contributed by atoms with Crippen molar-refractivity contribution >= 4 is 35.0 Å². The number of fused-ring (bicyclic) bond motifs is 3. The van der Waals surface area contributed by atoms with E-state index >= 15 is 0 Å². The molecule has 0 aromatic heterocycles. The summed E-state index contributed by atoms with van der Waals surface area (Å²) >= 11 is 8.38. The molecular weight excluding hydrogens is 394 g/mol. The van der Waals surface area contributed by atoms with Gasteiger partial charge in [0.2, 0.25) is 0 Å². The largest absolute Gasteiger partial charge is 0.489 e. The highest BCUT2D eigenvalue weighted by Crippen LogP contribution is 2.52. The van der Waals surface area contributed by atoms with Gasteiger partial charge in [0.15, 0.2) is 0 Å². The number of ether oxygens (including phenoxy) is 1. The minimum atomic E-state index is -0.916. The average Bonchev–Trinajstić information content (AvgIpc) is 3.14. The quantitative estimate of drug-likeness (QED) is 0.661. The van der Waals surface area contributed by atoms with Crippen molar-refractivity contribution in [2.45, 2.75) is 24.5 Å². The van der Waals surface area contributed by atoms with E-state index in [2.05, 4.69) is 29.6 Å². The number of anilines is 1. The van der Waals surface area contributed by atoms with Gasteiger partial charge in [-0.15, -0.1) is 0 Å². The van der Waals surface area contributed by atoms with Crippen LogP contribution in [0.1, 0.15) is 39.9 Å². The van der Waals surface area contributed by atoms with Gasteiger partial charge in [-0.05, 0) is 47.7 Å². The van der Waals surface area contributed by atoms with Crippen LogP contribution in [0.3, 0.4) is 0 Å². The summed E-state index contributed by atoms with van der Waals surface area (Å²) in [6, 6.07) is 11.6. The molecular formula is C22H20ClNO3S. The molecule has 5 rings (SSSR count). The van der Waals surface area contributed by atoms with Crippen molar-refractivity contribution in [1.29, 1.82) is 0 Å². The monoisotopic (exact) mass is 413 g/mol. The summed E-state index contributed by atoms with van der Waals surface area (Å²) in [5.74, 6) is 2.35. The molecule has 4 nitrogen and oxygen atoms in total. The molecule has 1 saturated heterocycles. The van der Waals surface area contributed by atoms with E-state index in [-0.39, 0.29) is 17.9 Å². The van der Waals surface area contributed by atoms with Gasteiger partial charge in [0.1, 0.15) is 11.9 Å². The first kappa shape index (κ1) is 18.0. The smallest absolute Gasteiger partial charge is 0.336 e. The summed E-state index contributed by atoms with van der Waals surface area (Å²) in [4.78, 5) is 11.8. The first-order valence-electron chi connectivity index (χ1n) is 9.45. The fourth-order valence-corrected chi connectivity index (χ4v) is 5.23. The molecule has 2 aromatic rings. The van der Waals surface area contributed by atoms with Crippen molar-refractivity contribution in [3.8, 4) is 5.75 Å². The highest BCUT2D eigenvalue weighted by atomic mass is 35.5. The fourth-order valence-electron chi connectivity index (χ4n) is 4.45. The molecule has 0 radical (unpaired) electrons. The van der Waals surface area contributed by atoms with Crippen LogP contribution in [-0.2, 0) is 0 Å². The lowest BCUT2D eigenvalue weighted by molar-refractivity contribution is 0.0695. The van der Waals surface area contributed by atoms with Gasteiger partial charge in [0.05, 0.1) is 22.3 Å². The molecule has 0 spiro atoms. The SMILES string of the molecule is O=C(O)c1ccc(Cl)c2c1[C@@H]1C=CC[C@@H]1[C@H](c1cccc(OC3CSC3)c1)N2. The number of carbonyl (C=O) groups is 1. The molecule has 0 bridgehead atoms. The molecule has 6 heteroatoms. The van der Waals surface area contributed by atoms with E-state index < -0.39 is 5.97 Å². The molecule has 2 aromatic carbocycles. The van der Waals surface area contributed by atoms with Crippen molar-refractivity contribution in [2.24, 2.45) is 5.92 Å². The molecule has 144 valence electrons. The van der Waals surface area contributed by atoms with Crippen LogP contribution in [0.4, 0.5) is 5.69 Å². The number of carboxylic acids is 1. The van der Waals surface area contributed by atoms with E-state index in [9.17, 15) is 9.90 Å². The van der Waals surface area contributed by atoms with Crippen LogP contribution < -0.4 is 10.1 Å². The second-order valence-corrected chi connectivity index (χ2v) is 9.00. The topological polar surface area (TPSA) is 58.6 Å². The Morgan fingerprint density at radius 1 is 1.25 bits per heavy atom. The maximum absolute atomic E-state index is 11.8. The molecule has 2 aliphatic heterocycles. The van der Waals surface area contributed by atoms with Crippen molar-refractivity contribution in [3.63, 3.8) is 0 Å².